The van der Waals surface area contributed by atoms with Crippen LogP contribution < -0.4 is 5.32 Å². The molecule has 1 N–H and O–H groups in total. The van der Waals surface area contributed by atoms with Gasteiger partial charge in [-0.2, -0.15) is 5.10 Å². The maximum absolute atomic E-state index is 4.35. The molecular formula is C12H21N3. The second-order valence-corrected chi connectivity index (χ2v) is 4.92. The normalized spacial score (nSPS) is 17.5. The van der Waals surface area contributed by atoms with Crippen molar-refractivity contribution in [2.75, 3.05) is 5.32 Å². The molecule has 84 valence electrons. The predicted octanol–water partition coefficient (Wildman–Crippen LogP) is 2.89. The van der Waals surface area contributed by atoms with Gasteiger partial charge in [-0.05, 0) is 18.8 Å². The van der Waals surface area contributed by atoms with Crippen molar-refractivity contribution >= 4 is 5.82 Å². The van der Waals surface area contributed by atoms with Gasteiger partial charge in [0, 0.05) is 18.7 Å². The van der Waals surface area contributed by atoms with E-state index >= 15 is 0 Å². The van der Waals surface area contributed by atoms with Crippen LogP contribution in [0.1, 0.15) is 39.5 Å². The summed E-state index contributed by atoms with van der Waals surface area (Å²) in [5, 5.41) is 7.95. The van der Waals surface area contributed by atoms with Gasteiger partial charge in [-0.1, -0.05) is 26.7 Å². The van der Waals surface area contributed by atoms with Crippen LogP contribution in [0.15, 0.2) is 12.3 Å². The van der Waals surface area contributed by atoms with E-state index in [0.717, 1.165) is 6.54 Å². The van der Waals surface area contributed by atoms with Gasteiger partial charge in [-0.3, -0.25) is 0 Å². The summed E-state index contributed by atoms with van der Waals surface area (Å²) < 4.78 is 2.09. The van der Waals surface area contributed by atoms with Gasteiger partial charge in [0.05, 0.1) is 6.20 Å². The minimum absolute atomic E-state index is 0.647. The molecule has 0 amide bonds. The van der Waals surface area contributed by atoms with Crippen LogP contribution >= 0.6 is 0 Å². The molecule has 0 bridgehead atoms. The van der Waals surface area contributed by atoms with E-state index in [2.05, 4.69) is 35.0 Å². The average Bonchev–Trinajstić information content (AvgIpc) is 2.78. The summed E-state index contributed by atoms with van der Waals surface area (Å²) in [5.74, 6) is 1.84. The number of nitrogens with zero attached hydrogens (tertiary/aromatic N) is 2. The Morgan fingerprint density at radius 1 is 1.47 bits per heavy atom. The fourth-order valence-corrected chi connectivity index (χ4v) is 2.23. The summed E-state index contributed by atoms with van der Waals surface area (Å²) in [6.07, 6.45) is 7.26. The quantitative estimate of drug-likeness (QED) is 0.822. The molecule has 1 aliphatic rings. The third-order valence-corrected chi connectivity index (χ3v) is 2.96. The average molecular weight is 207 g/mol. The lowest BCUT2D eigenvalue weighted by Crippen LogP contribution is -2.19. The van der Waals surface area contributed by atoms with Crippen LogP contribution in [-0.2, 0) is 6.54 Å². The molecule has 1 heterocycles. The first-order valence-corrected chi connectivity index (χ1v) is 6.04. The van der Waals surface area contributed by atoms with Crippen molar-refractivity contribution in [3.63, 3.8) is 0 Å². The maximum Gasteiger partial charge on any atom is 0.124 e. The van der Waals surface area contributed by atoms with Crippen LogP contribution in [0.3, 0.4) is 0 Å². The fraction of sp³-hybridized carbons (Fsp3) is 0.750. The molecule has 0 radical (unpaired) electrons. The van der Waals surface area contributed by atoms with Gasteiger partial charge in [-0.15, -0.1) is 0 Å². The zero-order valence-electron chi connectivity index (χ0n) is 9.74. The standard InChI is InChI=1S/C12H21N3/c1-10(2)9-15-12(7-8-13-15)14-11-5-3-4-6-11/h7-8,10-11,14H,3-6,9H2,1-2H3. The topological polar surface area (TPSA) is 29.9 Å². The van der Waals surface area contributed by atoms with Gasteiger partial charge in [0.15, 0.2) is 0 Å². The zero-order chi connectivity index (χ0) is 10.7. The van der Waals surface area contributed by atoms with E-state index in [1.807, 2.05) is 6.20 Å². The summed E-state index contributed by atoms with van der Waals surface area (Å²) >= 11 is 0. The van der Waals surface area contributed by atoms with E-state index < -0.39 is 0 Å². The highest BCUT2D eigenvalue weighted by atomic mass is 15.3. The summed E-state index contributed by atoms with van der Waals surface area (Å²) in [6.45, 7) is 5.45. The highest BCUT2D eigenvalue weighted by Gasteiger charge is 2.16. The van der Waals surface area contributed by atoms with Crippen molar-refractivity contribution < 1.29 is 0 Å². The van der Waals surface area contributed by atoms with Gasteiger partial charge < -0.3 is 5.32 Å². The molecule has 1 aromatic heterocycles. The number of aromatic nitrogens is 2. The number of anilines is 1. The van der Waals surface area contributed by atoms with E-state index in [1.165, 1.54) is 31.5 Å². The van der Waals surface area contributed by atoms with Gasteiger partial charge in [-0.25, -0.2) is 4.68 Å². The molecule has 1 saturated carbocycles. The Kier molecular flexibility index (Phi) is 3.29. The van der Waals surface area contributed by atoms with Crippen LogP contribution in [0.5, 0.6) is 0 Å². The molecule has 2 rings (SSSR count). The Morgan fingerprint density at radius 2 is 2.20 bits per heavy atom. The lowest BCUT2D eigenvalue weighted by molar-refractivity contribution is 0.485. The summed E-state index contributed by atoms with van der Waals surface area (Å²) in [6, 6.07) is 2.76. The van der Waals surface area contributed by atoms with Crippen molar-refractivity contribution in [2.24, 2.45) is 5.92 Å². The predicted molar refractivity (Wildman–Crippen MR) is 62.9 cm³/mol. The largest absolute Gasteiger partial charge is 0.368 e. The molecule has 0 atom stereocenters. The Hall–Kier alpha value is -0.990. The molecule has 0 unspecified atom stereocenters. The smallest absolute Gasteiger partial charge is 0.124 e. The van der Waals surface area contributed by atoms with Crippen molar-refractivity contribution in [3.05, 3.63) is 12.3 Å². The van der Waals surface area contributed by atoms with E-state index in [4.69, 9.17) is 0 Å². The number of hydrogen-bond donors (Lipinski definition) is 1. The third kappa shape index (κ3) is 2.74. The van der Waals surface area contributed by atoms with E-state index in [9.17, 15) is 0 Å². The van der Waals surface area contributed by atoms with Crippen LogP contribution in [0.4, 0.5) is 5.82 Å². The molecule has 0 spiro atoms. The number of nitrogens with one attached hydrogen (secondary N) is 1. The Morgan fingerprint density at radius 3 is 2.87 bits per heavy atom. The van der Waals surface area contributed by atoms with Crippen LogP contribution in [0.2, 0.25) is 0 Å². The van der Waals surface area contributed by atoms with Crippen molar-refractivity contribution in [1.82, 2.24) is 9.78 Å². The van der Waals surface area contributed by atoms with E-state index in [0.29, 0.717) is 12.0 Å². The van der Waals surface area contributed by atoms with Gasteiger partial charge in [0.2, 0.25) is 0 Å². The molecule has 1 aromatic rings. The van der Waals surface area contributed by atoms with Gasteiger partial charge >= 0.3 is 0 Å². The van der Waals surface area contributed by atoms with Crippen molar-refractivity contribution in [2.45, 2.75) is 52.1 Å². The Labute approximate surface area is 91.9 Å². The maximum atomic E-state index is 4.35. The highest BCUT2D eigenvalue weighted by Crippen LogP contribution is 2.22. The molecule has 0 aliphatic heterocycles. The Bertz CT molecular complexity index is 298. The van der Waals surface area contributed by atoms with Crippen molar-refractivity contribution in [3.8, 4) is 0 Å². The third-order valence-electron chi connectivity index (χ3n) is 2.96. The number of hydrogen-bond acceptors (Lipinski definition) is 2. The second-order valence-electron chi connectivity index (χ2n) is 4.92. The van der Waals surface area contributed by atoms with E-state index in [1.54, 1.807) is 0 Å². The molecule has 0 aromatic carbocycles. The molecule has 15 heavy (non-hydrogen) atoms. The summed E-state index contributed by atoms with van der Waals surface area (Å²) in [4.78, 5) is 0. The molecule has 3 heteroatoms. The fourth-order valence-electron chi connectivity index (χ4n) is 2.23. The minimum Gasteiger partial charge on any atom is -0.368 e. The van der Waals surface area contributed by atoms with E-state index in [-0.39, 0.29) is 0 Å². The molecule has 1 aliphatic carbocycles. The summed E-state index contributed by atoms with van der Waals surface area (Å²) in [7, 11) is 0. The Balaban J connectivity index is 1.97. The van der Waals surface area contributed by atoms with Crippen LogP contribution in [0.25, 0.3) is 0 Å². The lowest BCUT2D eigenvalue weighted by atomic mass is 10.2. The second kappa shape index (κ2) is 4.69. The zero-order valence-corrected chi connectivity index (χ0v) is 9.74. The van der Waals surface area contributed by atoms with Gasteiger partial charge in [0.25, 0.3) is 0 Å². The number of rotatable bonds is 4. The monoisotopic (exact) mass is 207 g/mol. The summed E-state index contributed by atoms with van der Waals surface area (Å²) in [5.41, 5.74) is 0. The first-order chi connectivity index (χ1) is 7.25. The SMILES string of the molecule is CC(C)Cn1nccc1NC1CCCC1. The highest BCUT2D eigenvalue weighted by molar-refractivity contribution is 5.35. The first-order valence-electron chi connectivity index (χ1n) is 6.04. The molecule has 3 nitrogen and oxygen atoms in total. The van der Waals surface area contributed by atoms with Crippen molar-refractivity contribution in [1.29, 1.82) is 0 Å². The minimum atomic E-state index is 0.647. The lowest BCUT2D eigenvalue weighted by Gasteiger charge is -2.16. The van der Waals surface area contributed by atoms with Gasteiger partial charge in [0.1, 0.15) is 5.82 Å². The molecular weight excluding hydrogens is 186 g/mol. The van der Waals surface area contributed by atoms with Crippen LogP contribution in [-0.4, -0.2) is 15.8 Å². The molecule has 0 saturated heterocycles. The van der Waals surface area contributed by atoms with Crippen LogP contribution in [0, 0.1) is 5.92 Å². The molecule has 1 fully saturated rings. The first kappa shape index (κ1) is 10.5.